The van der Waals surface area contributed by atoms with Gasteiger partial charge in [0.05, 0.1) is 18.2 Å². The number of hydrogen-bond acceptors (Lipinski definition) is 4. The molecule has 0 amide bonds. The molecule has 6 heteroatoms. The van der Waals surface area contributed by atoms with Crippen molar-refractivity contribution in [1.29, 1.82) is 0 Å². The van der Waals surface area contributed by atoms with E-state index in [2.05, 4.69) is 4.98 Å². The molecule has 0 radical (unpaired) electrons. The molecule has 23 heavy (non-hydrogen) atoms. The zero-order valence-electron chi connectivity index (χ0n) is 12.5. The number of carbonyl (C=O) groups is 1. The Labute approximate surface area is 149 Å². The van der Waals surface area contributed by atoms with Gasteiger partial charge in [0.25, 0.3) is 6.33 Å². The zero-order valence-corrected chi connectivity index (χ0v) is 15.0. The lowest BCUT2D eigenvalue weighted by atomic mass is 10.1. The first-order chi connectivity index (χ1) is 10.8. The van der Waals surface area contributed by atoms with Crippen molar-refractivity contribution in [3.63, 3.8) is 0 Å². The second kappa shape index (κ2) is 7.99. The smallest absolute Gasteiger partial charge is 0.287 e. The van der Waals surface area contributed by atoms with E-state index in [1.165, 1.54) is 0 Å². The number of methoxy groups -OCH3 is 1. The van der Waals surface area contributed by atoms with Gasteiger partial charge in [-0.1, -0.05) is 18.2 Å². The van der Waals surface area contributed by atoms with Gasteiger partial charge in [0, 0.05) is 11.6 Å². The summed E-state index contributed by atoms with van der Waals surface area (Å²) < 4.78 is 6.92. The van der Waals surface area contributed by atoms with E-state index in [9.17, 15) is 4.79 Å². The van der Waals surface area contributed by atoms with Gasteiger partial charge in [-0.3, -0.25) is 4.79 Å². The van der Waals surface area contributed by atoms with Gasteiger partial charge in [-0.05, 0) is 28.6 Å². The quantitative estimate of drug-likeness (QED) is 0.493. The SMILES string of the molecule is Br.COc1cccc(C(=O)C[n+]2ccc(-c3cccs3)nc2)c1. The van der Waals surface area contributed by atoms with Crippen LogP contribution >= 0.6 is 28.3 Å². The van der Waals surface area contributed by atoms with Crippen molar-refractivity contribution < 1.29 is 14.1 Å². The van der Waals surface area contributed by atoms with Gasteiger partial charge in [0.2, 0.25) is 5.78 Å². The molecule has 0 unspecified atom stereocenters. The number of halogens is 1. The molecule has 2 aromatic heterocycles. The van der Waals surface area contributed by atoms with E-state index in [1.54, 1.807) is 41.5 Å². The standard InChI is InChI=1S/C17H15N2O2S.BrH/c1-21-14-5-2-4-13(10-14)16(20)11-19-8-7-15(18-12-19)17-6-3-9-22-17;/h2-10,12H,11H2,1H3;1H/q+1;. The van der Waals surface area contributed by atoms with Crippen LogP contribution in [0, 0.1) is 0 Å². The van der Waals surface area contributed by atoms with E-state index in [-0.39, 0.29) is 29.3 Å². The maximum absolute atomic E-state index is 12.3. The summed E-state index contributed by atoms with van der Waals surface area (Å²) in [5.41, 5.74) is 1.55. The van der Waals surface area contributed by atoms with Crippen molar-refractivity contribution >= 4 is 34.1 Å². The van der Waals surface area contributed by atoms with Crippen LogP contribution in [0.3, 0.4) is 0 Å². The number of Topliss-reactive ketones (excluding diaryl/α,β-unsaturated/α-hetero) is 1. The molecular weight excluding hydrogens is 376 g/mol. The Hall–Kier alpha value is -2.05. The Balaban J connectivity index is 0.00000192. The van der Waals surface area contributed by atoms with E-state index < -0.39 is 0 Å². The van der Waals surface area contributed by atoms with Gasteiger partial charge in [-0.15, -0.1) is 28.3 Å². The predicted octanol–water partition coefficient (Wildman–Crippen LogP) is 3.57. The second-order valence-electron chi connectivity index (χ2n) is 4.75. The average molecular weight is 392 g/mol. The fourth-order valence-electron chi connectivity index (χ4n) is 2.10. The van der Waals surface area contributed by atoms with Gasteiger partial charge in [-0.2, -0.15) is 0 Å². The maximum atomic E-state index is 12.3. The monoisotopic (exact) mass is 391 g/mol. The summed E-state index contributed by atoms with van der Waals surface area (Å²) in [5, 5.41) is 2.02. The summed E-state index contributed by atoms with van der Waals surface area (Å²) in [6.45, 7) is 0.255. The molecule has 118 valence electrons. The predicted molar refractivity (Wildman–Crippen MR) is 95.4 cm³/mol. The van der Waals surface area contributed by atoms with Gasteiger partial charge in [-0.25, -0.2) is 4.57 Å². The first-order valence-electron chi connectivity index (χ1n) is 6.82. The first kappa shape index (κ1) is 17.3. The Kier molecular flexibility index (Phi) is 6.01. The highest BCUT2D eigenvalue weighted by Crippen LogP contribution is 2.21. The first-order valence-corrected chi connectivity index (χ1v) is 7.70. The van der Waals surface area contributed by atoms with Crippen LogP contribution in [0.5, 0.6) is 5.75 Å². The second-order valence-corrected chi connectivity index (χ2v) is 5.70. The molecule has 3 aromatic rings. The van der Waals surface area contributed by atoms with Crippen molar-refractivity contribution in [3.8, 4) is 16.3 Å². The average Bonchev–Trinajstić information content (AvgIpc) is 3.10. The number of ketones is 1. The van der Waals surface area contributed by atoms with Crippen molar-refractivity contribution in [1.82, 2.24) is 4.98 Å². The molecule has 0 N–H and O–H groups in total. The van der Waals surface area contributed by atoms with Gasteiger partial charge < -0.3 is 4.74 Å². The molecule has 0 saturated carbocycles. The minimum Gasteiger partial charge on any atom is -0.497 e. The lowest BCUT2D eigenvalue weighted by Gasteiger charge is -2.03. The van der Waals surface area contributed by atoms with Crippen molar-refractivity contribution in [2.45, 2.75) is 6.54 Å². The molecule has 0 spiro atoms. The molecule has 1 aromatic carbocycles. The van der Waals surface area contributed by atoms with Crippen LogP contribution in [0.25, 0.3) is 10.6 Å². The van der Waals surface area contributed by atoms with Gasteiger partial charge in [0.1, 0.15) is 5.75 Å². The maximum Gasteiger partial charge on any atom is 0.287 e. The van der Waals surface area contributed by atoms with Crippen molar-refractivity contribution in [2.24, 2.45) is 0 Å². The van der Waals surface area contributed by atoms with Crippen LogP contribution in [0.2, 0.25) is 0 Å². The van der Waals surface area contributed by atoms with Crippen LogP contribution in [0.15, 0.2) is 60.4 Å². The van der Waals surface area contributed by atoms with Gasteiger partial charge >= 0.3 is 0 Å². The summed E-state index contributed by atoms with van der Waals surface area (Å²) >= 11 is 1.64. The normalized spacial score (nSPS) is 9.96. The van der Waals surface area contributed by atoms with Crippen molar-refractivity contribution in [2.75, 3.05) is 7.11 Å². The summed E-state index contributed by atoms with van der Waals surface area (Å²) in [6.07, 6.45) is 3.56. The third-order valence-corrected chi connectivity index (χ3v) is 4.15. The number of nitrogens with zero attached hydrogens (tertiary/aromatic N) is 2. The largest absolute Gasteiger partial charge is 0.497 e. The molecular formula is C17H16BrN2O2S+. The molecule has 2 heterocycles. The summed E-state index contributed by atoms with van der Waals surface area (Å²) in [5.74, 6) is 0.705. The van der Waals surface area contributed by atoms with Crippen LogP contribution in [-0.4, -0.2) is 17.9 Å². The molecule has 0 bridgehead atoms. The third kappa shape index (κ3) is 4.24. The summed E-state index contributed by atoms with van der Waals surface area (Å²) in [7, 11) is 1.59. The number of carbonyl (C=O) groups excluding carboxylic acids is 1. The summed E-state index contributed by atoms with van der Waals surface area (Å²) in [6, 6.07) is 13.1. The van der Waals surface area contributed by atoms with E-state index in [0.717, 1.165) is 10.6 Å². The third-order valence-electron chi connectivity index (χ3n) is 3.26. The zero-order chi connectivity index (χ0) is 15.4. The molecule has 0 atom stereocenters. The van der Waals surface area contributed by atoms with Crippen LogP contribution in [-0.2, 0) is 6.54 Å². The fraction of sp³-hybridized carbons (Fsp3) is 0.118. The molecule has 0 aliphatic carbocycles. The minimum atomic E-state index is 0. The number of aromatic nitrogens is 2. The Bertz CT molecular complexity index is 774. The Morgan fingerprint density at radius 3 is 2.78 bits per heavy atom. The highest BCUT2D eigenvalue weighted by Gasteiger charge is 2.12. The van der Waals surface area contributed by atoms with Crippen LogP contribution in [0.1, 0.15) is 10.4 Å². The number of hydrogen-bond donors (Lipinski definition) is 0. The molecule has 0 saturated heterocycles. The number of ether oxygens (including phenoxy) is 1. The fourth-order valence-corrected chi connectivity index (χ4v) is 2.80. The molecule has 0 aliphatic heterocycles. The number of benzene rings is 1. The van der Waals surface area contributed by atoms with E-state index >= 15 is 0 Å². The van der Waals surface area contributed by atoms with Crippen molar-refractivity contribution in [3.05, 3.63) is 65.9 Å². The molecule has 4 nitrogen and oxygen atoms in total. The molecule has 3 rings (SSSR count). The highest BCUT2D eigenvalue weighted by molar-refractivity contribution is 8.93. The van der Waals surface area contributed by atoms with Gasteiger partial charge in [0.15, 0.2) is 12.2 Å². The Morgan fingerprint density at radius 1 is 1.26 bits per heavy atom. The lowest BCUT2D eigenvalue weighted by Crippen LogP contribution is -2.37. The number of rotatable bonds is 5. The molecule has 0 aliphatic rings. The summed E-state index contributed by atoms with van der Waals surface area (Å²) in [4.78, 5) is 17.8. The van der Waals surface area contributed by atoms with E-state index in [0.29, 0.717) is 11.3 Å². The topological polar surface area (TPSA) is 43.1 Å². The Morgan fingerprint density at radius 2 is 2.13 bits per heavy atom. The van der Waals surface area contributed by atoms with E-state index in [4.69, 9.17) is 4.74 Å². The van der Waals surface area contributed by atoms with Crippen LogP contribution in [0.4, 0.5) is 0 Å². The highest BCUT2D eigenvalue weighted by atomic mass is 79.9. The van der Waals surface area contributed by atoms with Crippen LogP contribution < -0.4 is 9.30 Å². The number of thiophene rings is 1. The lowest BCUT2D eigenvalue weighted by molar-refractivity contribution is -0.686. The van der Waals surface area contributed by atoms with E-state index in [1.807, 2.05) is 41.9 Å². The minimum absolute atomic E-state index is 0. The molecule has 0 fully saturated rings.